The van der Waals surface area contributed by atoms with E-state index in [9.17, 15) is 14.7 Å². The third-order valence-electron chi connectivity index (χ3n) is 3.95. The van der Waals surface area contributed by atoms with E-state index in [0.717, 1.165) is 12.8 Å². The van der Waals surface area contributed by atoms with Crippen molar-refractivity contribution in [1.29, 1.82) is 0 Å². The second-order valence-electron chi connectivity index (χ2n) is 5.54. The molecule has 0 saturated carbocycles. The summed E-state index contributed by atoms with van der Waals surface area (Å²) in [5, 5.41) is 18.9. The Balaban J connectivity index is 1.94. The highest BCUT2D eigenvalue weighted by atomic mass is 16.4. The number of piperidine rings is 1. The first-order valence-electron chi connectivity index (χ1n) is 7.31. The number of hydrogen-bond acceptors (Lipinski definition) is 3. The van der Waals surface area contributed by atoms with E-state index in [4.69, 9.17) is 5.11 Å². The van der Waals surface area contributed by atoms with Crippen LogP contribution in [0.15, 0.2) is 30.3 Å². The number of carbonyl (C=O) groups is 2. The first kappa shape index (κ1) is 15.5. The topological polar surface area (TPSA) is 77.8 Å². The third-order valence-corrected chi connectivity index (χ3v) is 3.95. The van der Waals surface area contributed by atoms with E-state index in [2.05, 4.69) is 0 Å². The maximum atomic E-state index is 12.3. The molecule has 0 bridgehead atoms. The summed E-state index contributed by atoms with van der Waals surface area (Å²) in [6, 6.07) is 8.88. The van der Waals surface area contributed by atoms with Gasteiger partial charge in [-0.1, -0.05) is 30.3 Å². The Hall–Kier alpha value is -1.88. The van der Waals surface area contributed by atoms with Gasteiger partial charge in [-0.2, -0.15) is 0 Å². The van der Waals surface area contributed by atoms with Crippen LogP contribution in [0.5, 0.6) is 0 Å². The highest BCUT2D eigenvalue weighted by Gasteiger charge is 2.28. The molecule has 1 amide bonds. The average Bonchev–Trinajstić information content (AvgIpc) is 2.52. The number of amides is 1. The molecule has 114 valence electrons. The number of benzene rings is 1. The number of likely N-dealkylation sites (tertiary alicyclic amines) is 1. The molecule has 1 heterocycles. The lowest BCUT2D eigenvalue weighted by atomic mass is 9.93. The predicted molar refractivity (Wildman–Crippen MR) is 77.6 cm³/mol. The second-order valence-corrected chi connectivity index (χ2v) is 5.54. The highest BCUT2D eigenvalue weighted by molar-refractivity contribution is 5.82. The van der Waals surface area contributed by atoms with Crippen molar-refractivity contribution >= 4 is 11.9 Å². The molecule has 1 saturated heterocycles. The molecule has 21 heavy (non-hydrogen) atoms. The second kappa shape index (κ2) is 7.22. The Morgan fingerprint density at radius 3 is 2.67 bits per heavy atom. The molecule has 0 aliphatic carbocycles. The van der Waals surface area contributed by atoms with Crippen LogP contribution in [-0.4, -0.2) is 40.1 Å². The van der Waals surface area contributed by atoms with Crippen molar-refractivity contribution in [2.45, 2.75) is 31.8 Å². The molecule has 2 N–H and O–H groups in total. The molecule has 2 rings (SSSR count). The maximum absolute atomic E-state index is 12.3. The van der Waals surface area contributed by atoms with Gasteiger partial charge in [-0.15, -0.1) is 0 Å². The highest BCUT2D eigenvalue weighted by Crippen LogP contribution is 2.24. The zero-order chi connectivity index (χ0) is 15.2. The monoisotopic (exact) mass is 291 g/mol. The Kier molecular flexibility index (Phi) is 5.33. The van der Waals surface area contributed by atoms with Gasteiger partial charge in [0, 0.05) is 19.5 Å². The van der Waals surface area contributed by atoms with Gasteiger partial charge in [0.15, 0.2) is 6.10 Å². The fraction of sp³-hybridized carbons (Fsp3) is 0.500. The Morgan fingerprint density at radius 2 is 2.00 bits per heavy atom. The van der Waals surface area contributed by atoms with Gasteiger partial charge in [-0.25, -0.2) is 0 Å². The molecule has 2 unspecified atom stereocenters. The molecule has 5 heteroatoms. The van der Waals surface area contributed by atoms with Crippen LogP contribution in [0.25, 0.3) is 0 Å². The van der Waals surface area contributed by atoms with Gasteiger partial charge in [0.05, 0.1) is 0 Å². The summed E-state index contributed by atoms with van der Waals surface area (Å²) in [5.74, 6) is -0.884. The number of rotatable bonds is 5. The van der Waals surface area contributed by atoms with Crippen molar-refractivity contribution in [2.24, 2.45) is 5.92 Å². The minimum Gasteiger partial charge on any atom is -0.481 e. The summed E-state index contributed by atoms with van der Waals surface area (Å²) < 4.78 is 0. The van der Waals surface area contributed by atoms with Crippen molar-refractivity contribution in [1.82, 2.24) is 4.90 Å². The van der Waals surface area contributed by atoms with Gasteiger partial charge < -0.3 is 15.1 Å². The van der Waals surface area contributed by atoms with Crippen LogP contribution in [0.2, 0.25) is 0 Å². The van der Waals surface area contributed by atoms with Crippen molar-refractivity contribution < 1.29 is 19.8 Å². The normalized spacial score (nSPS) is 20.0. The summed E-state index contributed by atoms with van der Waals surface area (Å²) in [6.45, 7) is 1.17. The van der Waals surface area contributed by atoms with E-state index in [1.807, 2.05) is 6.07 Å². The lowest BCUT2D eigenvalue weighted by Gasteiger charge is -2.34. The lowest BCUT2D eigenvalue weighted by molar-refractivity contribution is -0.142. The number of carboxylic acids is 1. The third kappa shape index (κ3) is 4.29. The molecule has 1 aliphatic heterocycles. The van der Waals surface area contributed by atoms with E-state index in [1.54, 1.807) is 29.2 Å². The largest absolute Gasteiger partial charge is 0.481 e. The molecule has 1 aliphatic rings. The zero-order valence-electron chi connectivity index (χ0n) is 11.9. The summed E-state index contributed by atoms with van der Waals surface area (Å²) in [6.07, 6.45) is 1.38. The smallest absolute Gasteiger partial charge is 0.303 e. The van der Waals surface area contributed by atoms with Crippen LogP contribution in [0, 0.1) is 5.92 Å². The minimum atomic E-state index is -1.13. The molecular formula is C16H21NO4. The van der Waals surface area contributed by atoms with E-state index in [0.29, 0.717) is 25.1 Å². The molecule has 0 radical (unpaired) electrons. The quantitative estimate of drug-likeness (QED) is 0.867. The van der Waals surface area contributed by atoms with Crippen LogP contribution in [0.4, 0.5) is 0 Å². The Labute approximate surface area is 124 Å². The van der Waals surface area contributed by atoms with E-state index in [1.165, 1.54) is 0 Å². The summed E-state index contributed by atoms with van der Waals surface area (Å²) >= 11 is 0. The predicted octanol–water partition coefficient (Wildman–Crippen LogP) is 1.82. The van der Waals surface area contributed by atoms with Crippen LogP contribution in [0.3, 0.4) is 0 Å². The number of hydrogen-bond donors (Lipinski definition) is 2. The SMILES string of the molecule is O=C(O)CCC1CCCN(C(=O)C(O)c2ccccc2)C1. The lowest BCUT2D eigenvalue weighted by Crippen LogP contribution is -2.42. The molecule has 0 aromatic heterocycles. The molecule has 0 spiro atoms. The van der Waals surface area contributed by atoms with Gasteiger partial charge in [0.25, 0.3) is 5.91 Å². The van der Waals surface area contributed by atoms with Gasteiger partial charge >= 0.3 is 5.97 Å². The Morgan fingerprint density at radius 1 is 1.29 bits per heavy atom. The van der Waals surface area contributed by atoms with Crippen LogP contribution < -0.4 is 0 Å². The minimum absolute atomic E-state index is 0.133. The summed E-state index contributed by atoms with van der Waals surface area (Å²) in [5.41, 5.74) is 0.593. The van der Waals surface area contributed by atoms with Gasteiger partial charge in [-0.05, 0) is 30.7 Å². The van der Waals surface area contributed by atoms with E-state index >= 15 is 0 Å². The fourth-order valence-corrected chi connectivity index (χ4v) is 2.78. The van der Waals surface area contributed by atoms with Crippen LogP contribution >= 0.6 is 0 Å². The molecule has 1 aromatic carbocycles. The molecule has 1 fully saturated rings. The summed E-state index contributed by atoms with van der Waals surface area (Å²) in [7, 11) is 0. The molecule has 2 atom stereocenters. The number of aliphatic hydroxyl groups excluding tert-OH is 1. The zero-order valence-corrected chi connectivity index (χ0v) is 11.9. The number of carbonyl (C=O) groups excluding carboxylic acids is 1. The van der Waals surface area contributed by atoms with Crippen LogP contribution in [0.1, 0.15) is 37.4 Å². The molecular weight excluding hydrogens is 270 g/mol. The standard InChI is InChI=1S/C16H21NO4/c18-14(19)9-8-12-5-4-10-17(11-12)16(21)15(20)13-6-2-1-3-7-13/h1-3,6-7,12,15,20H,4-5,8-11H2,(H,18,19). The fourth-order valence-electron chi connectivity index (χ4n) is 2.78. The van der Waals surface area contributed by atoms with Crippen molar-refractivity contribution in [2.75, 3.05) is 13.1 Å². The van der Waals surface area contributed by atoms with Gasteiger partial charge in [0.1, 0.15) is 0 Å². The molecule has 1 aromatic rings. The molecule has 5 nitrogen and oxygen atoms in total. The van der Waals surface area contributed by atoms with Crippen molar-refractivity contribution in [3.63, 3.8) is 0 Å². The number of carboxylic acid groups (broad SMARTS) is 1. The van der Waals surface area contributed by atoms with Crippen LogP contribution in [-0.2, 0) is 9.59 Å². The maximum Gasteiger partial charge on any atom is 0.303 e. The first-order valence-corrected chi connectivity index (χ1v) is 7.31. The van der Waals surface area contributed by atoms with Gasteiger partial charge in [-0.3, -0.25) is 9.59 Å². The summed E-state index contributed by atoms with van der Waals surface area (Å²) in [4.78, 5) is 24.6. The Bertz CT molecular complexity index is 488. The first-order chi connectivity index (χ1) is 10.1. The average molecular weight is 291 g/mol. The number of aliphatic hydroxyl groups is 1. The van der Waals surface area contributed by atoms with Gasteiger partial charge in [0.2, 0.25) is 0 Å². The van der Waals surface area contributed by atoms with Crippen molar-refractivity contribution in [3.8, 4) is 0 Å². The van der Waals surface area contributed by atoms with E-state index in [-0.39, 0.29) is 18.2 Å². The van der Waals surface area contributed by atoms with E-state index < -0.39 is 12.1 Å². The van der Waals surface area contributed by atoms with Crippen molar-refractivity contribution in [3.05, 3.63) is 35.9 Å². The number of nitrogens with zero attached hydrogens (tertiary/aromatic N) is 1. The number of aliphatic carboxylic acids is 1.